The second-order valence-electron chi connectivity index (χ2n) is 19.6. The molecule has 0 atom stereocenters. The van der Waals surface area contributed by atoms with Gasteiger partial charge in [0.2, 0.25) is 0 Å². The highest BCUT2D eigenvalue weighted by Crippen LogP contribution is 2.55. The second kappa shape index (κ2) is 25.6. The maximum atomic E-state index is 6.44. The SMILES string of the molecule is COCCOCCOCCC1(CCOCCOCCOC)c2cc(-c3ccc(N(c4ccc(C)cc4)c4ccc(C)cc4)cc3)ccc2-c2ccc(-c3ccc(N(c4ccc(C)cc4)c4ccc(C)cc4)cc3)cc21. The zero-order chi connectivity index (χ0) is 52.0. The summed E-state index contributed by atoms with van der Waals surface area (Å²) in [5.74, 6) is 0. The number of hydrogen-bond donors (Lipinski definition) is 0. The largest absolute Gasteiger partial charge is 0.382 e. The second-order valence-corrected chi connectivity index (χ2v) is 19.6. The molecule has 1 aliphatic carbocycles. The van der Waals surface area contributed by atoms with E-state index in [4.69, 9.17) is 28.4 Å². The minimum Gasteiger partial charge on any atom is -0.382 e. The first kappa shape index (κ1) is 53.0. The van der Waals surface area contributed by atoms with E-state index in [1.54, 1.807) is 14.2 Å². The van der Waals surface area contributed by atoms with E-state index < -0.39 is 5.41 Å². The van der Waals surface area contributed by atoms with E-state index in [9.17, 15) is 0 Å². The van der Waals surface area contributed by atoms with Gasteiger partial charge in [-0.1, -0.05) is 119 Å². The molecule has 75 heavy (non-hydrogen) atoms. The fraction of sp³-hybridized carbons (Fsp3) is 0.284. The summed E-state index contributed by atoms with van der Waals surface area (Å²) in [5, 5.41) is 0. The quantitative estimate of drug-likeness (QED) is 0.0497. The predicted octanol–water partition coefficient (Wildman–Crippen LogP) is 15.6. The molecular weight excluding hydrogens is 929 g/mol. The summed E-state index contributed by atoms with van der Waals surface area (Å²) in [7, 11) is 3.38. The monoisotopic (exact) mass is 1000 g/mol. The number of aryl methyl sites for hydroxylation is 4. The molecule has 0 fully saturated rings. The lowest BCUT2D eigenvalue weighted by Gasteiger charge is -2.33. The van der Waals surface area contributed by atoms with E-state index in [-0.39, 0.29) is 0 Å². The van der Waals surface area contributed by atoms with Gasteiger partial charge in [0.15, 0.2) is 0 Å². The highest BCUT2D eigenvalue weighted by atomic mass is 16.5. The number of anilines is 6. The van der Waals surface area contributed by atoms with E-state index in [0.717, 1.165) is 69.2 Å². The van der Waals surface area contributed by atoms with Gasteiger partial charge in [0, 0.05) is 67.0 Å². The Balaban J connectivity index is 1.08. The molecule has 8 nitrogen and oxygen atoms in total. The lowest BCUT2D eigenvalue weighted by molar-refractivity contribution is 0.0145. The Morgan fingerprint density at radius 3 is 0.840 bits per heavy atom. The fourth-order valence-electron chi connectivity index (χ4n) is 10.2. The number of nitrogens with zero attached hydrogens (tertiary/aromatic N) is 2. The highest BCUT2D eigenvalue weighted by Gasteiger charge is 2.43. The van der Waals surface area contributed by atoms with Gasteiger partial charge in [-0.2, -0.15) is 0 Å². The van der Waals surface area contributed by atoms with Crippen LogP contribution < -0.4 is 9.80 Å². The first-order valence-corrected chi connectivity index (χ1v) is 26.4. The molecule has 8 heteroatoms. The van der Waals surface area contributed by atoms with Crippen LogP contribution in [0.25, 0.3) is 33.4 Å². The first-order valence-electron chi connectivity index (χ1n) is 26.4. The van der Waals surface area contributed by atoms with Gasteiger partial charge < -0.3 is 38.2 Å². The Kier molecular flexibility index (Phi) is 18.1. The van der Waals surface area contributed by atoms with E-state index in [0.29, 0.717) is 66.1 Å². The third-order valence-electron chi connectivity index (χ3n) is 14.4. The standard InChI is InChI=1S/C67H72N2O6/c1-49-7-21-57(22-8-49)68(58-23-9-50(2)10-24-58)61-29-15-53(16-30-61)55-19-33-63-64-34-20-56(54-17-31-62(32-18-54)69(59-25-11-51(3)12-26-59)60-27-13-52(4)14-28-60)48-66(64)67(65(63)47-55,35-37-72-43-45-74-41-39-70-5)36-38-73-44-46-75-42-40-71-6/h7-34,47-48H,35-46H2,1-6H3. The summed E-state index contributed by atoms with van der Waals surface area (Å²) in [5.41, 5.74) is 20.9. The summed E-state index contributed by atoms with van der Waals surface area (Å²) < 4.78 is 34.9. The van der Waals surface area contributed by atoms with Crippen LogP contribution in [0.15, 0.2) is 182 Å². The zero-order valence-corrected chi connectivity index (χ0v) is 44.6. The van der Waals surface area contributed by atoms with Crippen molar-refractivity contribution >= 4 is 34.1 Å². The van der Waals surface area contributed by atoms with Crippen LogP contribution in [0, 0.1) is 27.7 Å². The number of benzene rings is 8. The molecule has 9 rings (SSSR count). The van der Waals surface area contributed by atoms with Crippen LogP contribution in [0.2, 0.25) is 0 Å². The Morgan fingerprint density at radius 2 is 0.547 bits per heavy atom. The highest BCUT2D eigenvalue weighted by molar-refractivity contribution is 5.87. The van der Waals surface area contributed by atoms with E-state index in [1.807, 2.05) is 0 Å². The van der Waals surface area contributed by atoms with Crippen LogP contribution in [0.5, 0.6) is 0 Å². The van der Waals surface area contributed by atoms with Crippen LogP contribution in [0.1, 0.15) is 46.2 Å². The van der Waals surface area contributed by atoms with Crippen LogP contribution in [-0.2, 0) is 33.8 Å². The number of fused-ring (bicyclic) bond motifs is 3. The van der Waals surface area contributed by atoms with Crippen LogP contribution >= 0.6 is 0 Å². The Bertz CT molecular complexity index is 2740. The molecule has 0 saturated heterocycles. The number of ether oxygens (including phenoxy) is 6. The minimum atomic E-state index is -0.425. The normalized spacial score (nSPS) is 12.4. The summed E-state index contributed by atoms with van der Waals surface area (Å²) in [6.07, 6.45) is 1.52. The average Bonchev–Trinajstić information content (AvgIpc) is 3.71. The molecule has 0 heterocycles. The smallest absolute Gasteiger partial charge is 0.0701 e. The van der Waals surface area contributed by atoms with Gasteiger partial charge in [0.05, 0.1) is 52.9 Å². The molecule has 0 saturated carbocycles. The minimum absolute atomic E-state index is 0.425. The third kappa shape index (κ3) is 12.8. The molecule has 0 spiro atoms. The molecule has 0 aromatic heterocycles. The Labute approximate surface area is 445 Å². The lowest BCUT2D eigenvalue weighted by Crippen LogP contribution is -2.30. The van der Waals surface area contributed by atoms with Gasteiger partial charge >= 0.3 is 0 Å². The van der Waals surface area contributed by atoms with Crippen molar-refractivity contribution in [3.63, 3.8) is 0 Å². The van der Waals surface area contributed by atoms with Gasteiger partial charge in [-0.3, -0.25) is 0 Å². The fourth-order valence-corrected chi connectivity index (χ4v) is 10.2. The van der Waals surface area contributed by atoms with Crippen molar-refractivity contribution in [1.29, 1.82) is 0 Å². The van der Waals surface area contributed by atoms with Gasteiger partial charge in [-0.05, 0) is 170 Å². The topological polar surface area (TPSA) is 61.9 Å². The summed E-state index contributed by atoms with van der Waals surface area (Å²) in [4.78, 5) is 4.65. The van der Waals surface area contributed by atoms with Crippen molar-refractivity contribution < 1.29 is 28.4 Å². The molecule has 8 aromatic rings. The molecule has 0 unspecified atom stereocenters. The molecule has 386 valence electrons. The lowest BCUT2D eigenvalue weighted by atomic mass is 9.72. The van der Waals surface area contributed by atoms with Crippen LogP contribution in [-0.4, -0.2) is 80.3 Å². The molecule has 0 N–H and O–H groups in total. The molecule has 0 aliphatic heterocycles. The Morgan fingerprint density at radius 1 is 0.293 bits per heavy atom. The first-order chi connectivity index (χ1) is 36.7. The molecule has 0 bridgehead atoms. The van der Waals surface area contributed by atoms with Gasteiger partial charge in [-0.25, -0.2) is 0 Å². The number of methoxy groups -OCH3 is 2. The van der Waals surface area contributed by atoms with Crippen molar-refractivity contribution in [3.05, 3.63) is 215 Å². The summed E-state index contributed by atoms with van der Waals surface area (Å²) in [6, 6.07) is 67.1. The maximum absolute atomic E-state index is 6.44. The van der Waals surface area contributed by atoms with Gasteiger partial charge in [0.1, 0.15) is 0 Å². The van der Waals surface area contributed by atoms with Crippen LogP contribution in [0.3, 0.4) is 0 Å². The van der Waals surface area contributed by atoms with Crippen molar-refractivity contribution in [2.45, 2.75) is 46.0 Å². The van der Waals surface area contributed by atoms with Crippen molar-refractivity contribution in [2.75, 3.05) is 90.1 Å². The predicted molar refractivity (Wildman–Crippen MR) is 308 cm³/mol. The Hall–Kier alpha value is -6.88. The van der Waals surface area contributed by atoms with E-state index in [2.05, 4.69) is 219 Å². The van der Waals surface area contributed by atoms with E-state index >= 15 is 0 Å². The third-order valence-corrected chi connectivity index (χ3v) is 14.4. The molecular formula is C67H72N2O6. The molecule has 8 aromatic carbocycles. The van der Waals surface area contributed by atoms with Crippen molar-refractivity contribution in [2.24, 2.45) is 0 Å². The average molecular weight is 1000 g/mol. The van der Waals surface area contributed by atoms with Crippen LogP contribution in [0.4, 0.5) is 34.1 Å². The summed E-state index contributed by atoms with van der Waals surface area (Å²) in [6.45, 7) is 13.8. The zero-order valence-electron chi connectivity index (χ0n) is 44.6. The van der Waals surface area contributed by atoms with Gasteiger partial charge in [-0.15, -0.1) is 0 Å². The molecule has 1 aliphatic rings. The van der Waals surface area contributed by atoms with Crippen molar-refractivity contribution in [1.82, 2.24) is 0 Å². The molecule has 0 radical (unpaired) electrons. The number of hydrogen-bond acceptors (Lipinski definition) is 8. The maximum Gasteiger partial charge on any atom is 0.0701 e. The number of rotatable bonds is 26. The summed E-state index contributed by atoms with van der Waals surface area (Å²) >= 11 is 0. The van der Waals surface area contributed by atoms with Gasteiger partial charge in [0.25, 0.3) is 0 Å². The molecule has 0 amide bonds. The van der Waals surface area contributed by atoms with Crippen molar-refractivity contribution in [3.8, 4) is 33.4 Å². The van der Waals surface area contributed by atoms with E-state index in [1.165, 1.54) is 44.5 Å².